The lowest BCUT2D eigenvalue weighted by Crippen LogP contribution is -2.35. The maximum atomic E-state index is 12.3. The molecule has 0 saturated carbocycles. The number of hydrogen-bond donors (Lipinski definition) is 2. The molecule has 2 rings (SSSR count). The van der Waals surface area contributed by atoms with Crippen LogP contribution in [0.5, 0.6) is 0 Å². The second-order valence-corrected chi connectivity index (χ2v) is 5.70. The van der Waals surface area contributed by atoms with E-state index in [0.717, 1.165) is 17.9 Å². The third-order valence-corrected chi connectivity index (χ3v) is 4.25. The molecule has 1 aliphatic rings. The summed E-state index contributed by atoms with van der Waals surface area (Å²) in [5, 5.41) is 16.8. The van der Waals surface area contributed by atoms with Crippen molar-refractivity contribution in [3.63, 3.8) is 0 Å². The minimum Gasteiger partial charge on any atom is -0.385 e. The Morgan fingerprint density at radius 1 is 1.55 bits per heavy atom. The first-order valence-electron chi connectivity index (χ1n) is 6.52. The molecule has 0 bridgehead atoms. The fraction of sp³-hybridized carbons (Fsp3) is 0.462. The maximum absolute atomic E-state index is 12.3. The Bertz CT molecular complexity index is 516. The zero-order valence-electron chi connectivity index (χ0n) is 11.2. The van der Waals surface area contributed by atoms with Gasteiger partial charge in [0.25, 0.3) is 11.6 Å². The van der Waals surface area contributed by atoms with Crippen LogP contribution in [-0.4, -0.2) is 34.9 Å². The first-order chi connectivity index (χ1) is 9.61. The minimum atomic E-state index is -0.488. The van der Waals surface area contributed by atoms with Crippen LogP contribution in [0.25, 0.3) is 0 Å². The summed E-state index contributed by atoms with van der Waals surface area (Å²) in [6.07, 6.45) is 0.946. The number of nitrogens with one attached hydrogen (secondary N) is 2. The quantitative estimate of drug-likeness (QED) is 0.643. The molecule has 108 valence electrons. The van der Waals surface area contributed by atoms with Crippen molar-refractivity contribution in [3.05, 3.63) is 33.9 Å². The fourth-order valence-electron chi connectivity index (χ4n) is 2.09. The molecule has 1 heterocycles. The second-order valence-electron chi connectivity index (χ2n) is 4.55. The van der Waals surface area contributed by atoms with Gasteiger partial charge < -0.3 is 10.6 Å². The Balaban J connectivity index is 2.23. The number of nitro groups is 1. The molecule has 1 atom stereocenters. The van der Waals surface area contributed by atoms with Crippen molar-refractivity contribution in [2.24, 2.45) is 0 Å². The molecule has 0 radical (unpaired) electrons. The number of anilines is 1. The van der Waals surface area contributed by atoms with Crippen molar-refractivity contribution in [2.45, 2.75) is 19.4 Å². The number of nitro benzene ring substituents is 1. The highest BCUT2D eigenvalue weighted by Gasteiger charge is 2.21. The summed E-state index contributed by atoms with van der Waals surface area (Å²) < 4.78 is 0. The van der Waals surface area contributed by atoms with Crippen molar-refractivity contribution in [2.75, 3.05) is 23.4 Å². The molecule has 1 aliphatic heterocycles. The molecule has 1 aromatic carbocycles. The molecule has 1 unspecified atom stereocenters. The van der Waals surface area contributed by atoms with Crippen molar-refractivity contribution in [1.29, 1.82) is 0 Å². The lowest BCUT2D eigenvalue weighted by Gasteiger charge is -2.14. The van der Waals surface area contributed by atoms with Gasteiger partial charge in [-0.2, -0.15) is 11.8 Å². The summed E-state index contributed by atoms with van der Waals surface area (Å²) in [5.41, 5.74) is 0.886. The van der Waals surface area contributed by atoms with E-state index in [1.54, 1.807) is 17.8 Å². The molecule has 0 aromatic heterocycles. The molecule has 6 nitrogen and oxygen atoms in total. The van der Waals surface area contributed by atoms with Gasteiger partial charge in [-0.25, -0.2) is 0 Å². The van der Waals surface area contributed by atoms with Crippen LogP contribution in [0, 0.1) is 10.1 Å². The Labute approximate surface area is 121 Å². The number of benzene rings is 1. The Morgan fingerprint density at radius 2 is 2.35 bits per heavy atom. The van der Waals surface area contributed by atoms with Gasteiger partial charge in [-0.3, -0.25) is 14.9 Å². The Kier molecular flexibility index (Phi) is 4.84. The minimum absolute atomic E-state index is 0.0717. The van der Waals surface area contributed by atoms with Gasteiger partial charge in [-0.1, -0.05) is 0 Å². The number of rotatable bonds is 5. The molecule has 0 aliphatic carbocycles. The normalized spacial score (nSPS) is 17.8. The van der Waals surface area contributed by atoms with Gasteiger partial charge in [0.15, 0.2) is 0 Å². The van der Waals surface area contributed by atoms with Crippen LogP contribution in [0.1, 0.15) is 23.7 Å². The van der Waals surface area contributed by atoms with Crippen molar-refractivity contribution in [1.82, 2.24) is 5.32 Å². The zero-order chi connectivity index (χ0) is 14.5. The number of nitrogens with zero attached hydrogens (tertiary/aromatic N) is 1. The highest BCUT2D eigenvalue weighted by Crippen LogP contribution is 2.23. The molecule has 1 aromatic rings. The van der Waals surface area contributed by atoms with Gasteiger partial charge in [-0.05, 0) is 25.2 Å². The van der Waals surface area contributed by atoms with E-state index in [2.05, 4.69) is 10.6 Å². The highest BCUT2D eigenvalue weighted by molar-refractivity contribution is 7.99. The van der Waals surface area contributed by atoms with E-state index in [-0.39, 0.29) is 17.6 Å². The van der Waals surface area contributed by atoms with E-state index < -0.39 is 4.92 Å². The van der Waals surface area contributed by atoms with Gasteiger partial charge in [0, 0.05) is 36.2 Å². The Morgan fingerprint density at radius 3 is 2.95 bits per heavy atom. The van der Waals surface area contributed by atoms with Crippen molar-refractivity contribution >= 4 is 29.0 Å². The van der Waals surface area contributed by atoms with E-state index in [1.165, 1.54) is 12.1 Å². The van der Waals surface area contributed by atoms with Crippen LogP contribution in [-0.2, 0) is 0 Å². The lowest BCUT2D eigenvalue weighted by atomic mass is 10.1. The molecular weight excluding hydrogens is 278 g/mol. The summed E-state index contributed by atoms with van der Waals surface area (Å²) in [6.45, 7) is 2.56. The Hall–Kier alpha value is -1.76. The summed E-state index contributed by atoms with van der Waals surface area (Å²) in [7, 11) is 0. The summed E-state index contributed by atoms with van der Waals surface area (Å²) in [6, 6.07) is 4.47. The predicted molar refractivity (Wildman–Crippen MR) is 80.5 cm³/mol. The standard InChI is InChI=1S/C13H17N3O3S/c1-2-14-12-4-3-10(16(18)19)7-11(12)13(17)15-9-5-6-20-8-9/h3-4,7,9,14H,2,5-6,8H2,1H3,(H,15,17). The number of carbonyl (C=O) groups excluding carboxylic acids is 1. The molecular formula is C13H17N3O3S. The smallest absolute Gasteiger partial charge is 0.270 e. The molecule has 20 heavy (non-hydrogen) atoms. The zero-order valence-corrected chi connectivity index (χ0v) is 12.0. The fourth-order valence-corrected chi connectivity index (χ4v) is 3.24. The average Bonchev–Trinajstić information content (AvgIpc) is 2.92. The van der Waals surface area contributed by atoms with E-state index in [1.807, 2.05) is 6.92 Å². The van der Waals surface area contributed by atoms with Crippen LogP contribution in [0.2, 0.25) is 0 Å². The van der Waals surface area contributed by atoms with E-state index in [9.17, 15) is 14.9 Å². The van der Waals surface area contributed by atoms with Gasteiger partial charge in [0.05, 0.1) is 10.5 Å². The number of carbonyl (C=O) groups is 1. The number of hydrogen-bond acceptors (Lipinski definition) is 5. The molecule has 1 fully saturated rings. The van der Waals surface area contributed by atoms with Crippen LogP contribution in [0.15, 0.2) is 18.2 Å². The summed E-state index contributed by atoms with van der Waals surface area (Å²) in [4.78, 5) is 22.6. The molecule has 0 spiro atoms. The van der Waals surface area contributed by atoms with E-state index in [4.69, 9.17) is 0 Å². The van der Waals surface area contributed by atoms with E-state index in [0.29, 0.717) is 17.8 Å². The molecule has 1 amide bonds. The van der Waals surface area contributed by atoms with Gasteiger partial charge in [-0.15, -0.1) is 0 Å². The second kappa shape index (κ2) is 6.60. The first kappa shape index (κ1) is 14.6. The molecule has 1 saturated heterocycles. The highest BCUT2D eigenvalue weighted by atomic mass is 32.2. The third-order valence-electron chi connectivity index (χ3n) is 3.09. The summed E-state index contributed by atoms with van der Waals surface area (Å²) >= 11 is 1.80. The maximum Gasteiger partial charge on any atom is 0.270 e. The van der Waals surface area contributed by atoms with Crippen molar-refractivity contribution < 1.29 is 9.72 Å². The first-order valence-corrected chi connectivity index (χ1v) is 7.68. The summed E-state index contributed by atoms with van der Waals surface area (Å²) in [5.74, 6) is 1.69. The molecule has 7 heteroatoms. The lowest BCUT2D eigenvalue weighted by molar-refractivity contribution is -0.384. The largest absolute Gasteiger partial charge is 0.385 e. The number of amides is 1. The third kappa shape index (κ3) is 3.41. The SMILES string of the molecule is CCNc1ccc([N+](=O)[O-])cc1C(=O)NC1CCSC1. The van der Waals surface area contributed by atoms with Crippen LogP contribution in [0.4, 0.5) is 11.4 Å². The topological polar surface area (TPSA) is 84.3 Å². The van der Waals surface area contributed by atoms with Crippen LogP contribution >= 0.6 is 11.8 Å². The molecule has 2 N–H and O–H groups in total. The van der Waals surface area contributed by atoms with Crippen molar-refractivity contribution in [3.8, 4) is 0 Å². The van der Waals surface area contributed by atoms with Crippen LogP contribution < -0.4 is 10.6 Å². The van der Waals surface area contributed by atoms with Gasteiger partial charge in [0.2, 0.25) is 0 Å². The number of non-ortho nitro benzene ring substituents is 1. The van der Waals surface area contributed by atoms with Crippen LogP contribution in [0.3, 0.4) is 0 Å². The average molecular weight is 295 g/mol. The monoisotopic (exact) mass is 295 g/mol. The van der Waals surface area contributed by atoms with Gasteiger partial charge >= 0.3 is 0 Å². The van der Waals surface area contributed by atoms with E-state index >= 15 is 0 Å². The number of thioether (sulfide) groups is 1. The van der Waals surface area contributed by atoms with Gasteiger partial charge in [0.1, 0.15) is 0 Å². The predicted octanol–water partition coefficient (Wildman–Crippen LogP) is 2.26.